The summed E-state index contributed by atoms with van der Waals surface area (Å²) in [5.74, 6) is -0.706. The molecule has 84 valence electrons. The molecule has 1 rings (SSSR count). The van der Waals surface area contributed by atoms with E-state index >= 15 is 0 Å². The van der Waals surface area contributed by atoms with Crippen LogP contribution in [0.1, 0.15) is 0 Å². The minimum absolute atomic E-state index is 0.124. The molecule has 0 saturated carbocycles. The number of benzene rings is 1. The molecule has 0 fully saturated rings. The highest BCUT2D eigenvalue weighted by Gasteiger charge is 2.21. The number of hydrogen-bond acceptors (Lipinski definition) is 3. The molecule has 0 unspecified atom stereocenters. The van der Waals surface area contributed by atoms with Gasteiger partial charge in [0, 0.05) is 0 Å². The summed E-state index contributed by atoms with van der Waals surface area (Å²) in [5.41, 5.74) is 5.52. The van der Waals surface area contributed by atoms with E-state index in [1.54, 1.807) is 30.3 Å². The lowest BCUT2D eigenvalue weighted by Gasteiger charge is -2.20. The number of methoxy groups -OCH3 is 1. The van der Waals surface area contributed by atoms with Crippen molar-refractivity contribution in [1.82, 2.24) is 0 Å². The van der Waals surface area contributed by atoms with Crippen molar-refractivity contribution in [2.24, 2.45) is 5.73 Å². The normalized spacial score (nSPS) is 9.31. The van der Waals surface area contributed by atoms with E-state index in [1.165, 1.54) is 7.11 Å². The number of rotatable bonds is 3. The fourth-order valence-electron chi connectivity index (χ4n) is 1.20. The van der Waals surface area contributed by atoms with E-state index < -0.39 is 12.0 Å². The summed E-state index contributed by atoms with van der Waals surface area (Å²) in [6.45, 7) is 3.47. The van der Waals surface area contributed by atoms with Gasteiger partial charge in [0.2, 0.25) is 0 Å². The molecule has 1 aromatic carbocycles. The number of nitrogens with zero attached hydrogens (tertiary/aromatic N) is 1. The Hall–Kier alpha value is -2.30. The number of carbonyl (C=O) groups is 2. The Morgan fingerprint density at radius 2 is 1.88 bits per heavy atom. The number of amides is 2. The predicted molar refractivity (Wildman–Crippen MR) is 59.7 cm³/mol. The van der Waals surface area contributed by atoms with Crippen molar-refractivity contribution in [3.8, 4) is 0 Å². The van der Waals surface area contributed by atoms with Crippen LogP contribution in [0.4, 0.5) is 10.5 Å². The summed E-state index contributed by atoms with van der Waals surface area (Å²) < 4.78 is 4.48. The molecule has 0 spiro atoms. The zero-order valence-corrected chi connectivity index (χ0v) is 8.84. The van der Waals surface area contributed by atoms with Crippen LogP contribution in [0, 0.1) is 0 Å². The Balaban J connectivity index is 3.06. The van der Waals surface area contributed by atoms with Crippen molar-refractivity contribution in [2.45, 2.75) is 0 Å². The van der Waals surface area contributed by atoms with E-state index in [9.17, 15) is 9.59 Å². The van der Waals surface area contributed by atoms with Gasteiger partial charge in [-0.2, -0.15) is 0 Å². The van der Waals surface area contributed by atoms with Gasteiger partial charge in [-0.15, -0.1) is 0 Å². The first-order valence-corrected chi connectivity index (χ1v) is 4.49. The van der Waals surface area contributed by atoms with E-state index in [0.717, 1.165) is 4.90 Å². The first-order chi connectivity index (χ1) is 7.57. The van der Waals surface area contributed by atoms with Crippen LogP contribution < -0.4 is 10.6 Å². The van der Waals surface area contributed by atoms with Gasteiger partial charge in [0.25, 0.3) is 0 Å². The average Bonchev–Trinajstić information content (AvgIpc) is 2.29. The summed E-state index contributed by atoms with van der Waals surface area (Å²) in [6.07, 6.45) is 0. The van der Waals surface area contributed by atoms with Crippen LogP contribution in [0.5, 0.6) is 0 Å². The van der Waals surface area contributed by atoms with Crippen LogP contribution >= 0.6 is 0 Å². The lowest BCUT2D eigenvalue weighted by molar-refractivity contribution is -0.136. The lowest BCUT2D eigenvalue weighted by atomic mass is 10.2. The Morgan fingerprint density at radius 1 is 1.31 bits per heavy atom. The zero-order chi connectivity index (χ0) is 12.1. The molecule has 0 radical (unpaired) electrons. The van der Waals surface area contributed by atoms with E-state index in [1.807, 2.05) is 0 Å². The monoisotopic (exact) mass is 220 g/mol. The quantitative estimate of drug-likeness (QED) is 0.615. The number of esters is 1. The first-order valence-electron chi connectivity index (χ1n) is 4.49. The highest BCUT2D eigenvalue weighted by molar-refractivity contribution is 6.04. The minimum Gasteiger partial charge on any atom is -0.464 e. The van der Waals surface area contributed by atoms with Crippen LogP contribution in [0.3, 0.4) is 0 Å². The summed E-state index contributed by atoms with van der Waals surface area (Å²) in [4.78, 5) is 23.5. The van der Waals surface area contributed by atoms with E-state index in [-0.39, 0.29) is 5.70 Å². The molecule has 2 N–H and O–H groups in total. The summed E-state index contributed by atoms with van der Waals surface area (Å²) in [5, 5.41) is 0. The molecule has 1 aromatic rings. The predicted octanol–water partition coefficient (Wildman–Crippen LogP) is 1.26. The van der Waals surface area contributed by atoms with Crippen molar-refractivity contribution >= 4 is 17.7 Å². The molecule has 0 heterocycles. The van der Waals surface area contributed by atoms with Gasteiger partial charge < -0.3 is 10.5 Å². The third-order valence-electron chi connectivity index (χ3n) is 1.93. The Labute approximate surface area is 93.1 Å². The van der Waals surface area contributed by atoms with Crippen LogP contribution in [0.2, 0.25) is 0 Å². The van der Waals surface area contributed by atoms with Gasteiger partial charge in [-0.05, 0) is 12.1 Å². The highest BCUT2D eigenvalue weighted by atomic mass is 16.5. The number of urea groups is 1. The fraction of sp³-hybridized carbons (Fsp3) is 0.0909. The molecule has 0 aliphatic heterocycles. The zero-order valence-electron chi connectivity index (χ0n) is 8.84. The van der Waals surface area contributed by atoms with E-state index in [0.29, 0.717) is 5.69 Å². The van der Waals surface area contributed by atoms with Crippen LogP contribution in [-0.4, -0.2) is 19.1 Å². The highest BCUT2D eigenvalue weighted by Crippen LogP contribution is 2.18. The Bertz CT molecular complexity index is 414. The first kappa shape index (κ1) is 11.8. The molecular formula is C11H12N2O3. The van der Waals surface area contributed by atoms with Crippen LogP contribution in [0.15, 0.2) is 42.6 Å². The van der Waals surface area contributed by atoms with Gasteiger partial charge in [-0.25, -0.2) is 9.59 Å². The third kappa shape index (κ3) is 2.38. The van der Waals surface area contributed by atoms with Gasteiger partial charge in [0.15, 0.2) is 0 Å². The molecule has 0 aromatic heterocycles. The van der Waals surface area contributed by atoms with Crippen molar-refractivity contribution in [3.05, 3.63) is 42.6 Å². The molecule has 0 aliphatic carbocycles. The number of anilines is 1. The molecule has 16 heavy (non-hydrogen) atoms. The second-order valence-electron chi connectivity index (χ2n) is 2.95. The summed E-state index contributed by atoms with van der Waals surface area (Å²) in [7, 11) is 1.21. The maximum Gasteiger partial charge on any atom is 0.354 e. The second kappa shape index (κ2) is 4.97. The largest absolute Gasteiger partial charge is 0.464 e. The maximum absolute atomic E-state index is 11.3. The molecule has 5 nitrogen and oxygen atoms in total. The smallest absolute Gasteiger partial charge is 0.354 e. The van der Waals surface area contributed by atoms with Gasteiger partial charge in [0.05, 0.1) is 12.8 Å². The van der Waals surface area contributed by atoms with Gasteiger partial charge in [-0.3, -0.25) is 4.90 Å². The summed E-state index contributed by atoms with van der Waals surface area (Å²) >= 11 is 0. The number of para-hydroxylation sites is 1. The molecule has 0 bridgehead atoms. The van der Waals surface area contributed by atoms with Crippen molar-refractivity contribution in [3.63, 3.8) is 0 Å². The number of ether oxygens (including phenoxy) is 1. The summed E-state index contributed by atoms with van der Waals surface area (Å²) in [6, 6.07) is 7.70. The molecule has 5 heteroatoms. The van der Waals surface area contributed by atoms with Crippen LogP contribution in [-0.2, 0) is 9.53 Å². The molecule has 2 amide bonds. The number of carbonyl (C=O) groups excluding carboxylic acids is 2. The minimum atomic E-state index is -0.790. The Morgan fingerprint density at radius 3 is 2.31 bits per heavy atom. The average molecular weight is 220 g/mol. The number of primary amides is 1. The van der Waals surface area contributed by atoms with Gasteiger partial charge in [0.1, 0.15) is 5.70 Å². The molecule has 0 saturated heterocycles. The second-order valence-corrected chi connectivity index (χ2v) is 2.95. The standard InChI is InChI=1S/C11H12N2O3/c1-8(10(14)16-2)13(11(12)15)9-6-4-3-5-7-9/h3-7H,1H2,2H3,(H2,12,15). The Kier molecular flexibility index (Phi) is 3.66. The molecule has 0 atom stereocenters. The fourth-order valence-corrected chi connectivity index (χ4v) is 1.20. The maximum atomic E-state index is 11.3. The van der Waals surface area contributed by atoms with Crippen molar-refractivity contribution in [2.75, 3.05) is 12.0 Å². The molecule has 0 aliphatic rings. The van der Waals surface area contributed by atoms with Crippen LogP contribution in [0.25, 0.3) is 0 Å². The van der Waals surface area contributed by atoms with Gasteiger partial charge >= 0.3 is 12.0 Å². The van der Waals surface area contributed by atoms with E-state index in [2.05, 4.69) is 11.3 Å². The lowest BCUT2D eigenvalue weighted by Crippen LogP contribution is -2.37. The van der Waals surface area contributed by atoms with E-state index in [4.69, 9.17) is 5.73 Å². The number of nitrogens with two attached hydrogens (primary N) is 1. The third-order valence-corrected chi connectivity index (χ3v) is 1.93. The van der Waals surface area contributed by atoms with Crippen molar-refractivity contribution in [1.29, 1.82) is 0 Å². The van der Waals surface area contributed by atoms with Crippen molar-refractivity contribution < 1.29 is 14.3 Å². The topological polar surface area (TPSA) is 72.6 Å². The molecular weight excluding hydrogens is 208 g/mol. The SMILES string of the molecule is C=C(C(=O)OC)N(C(N)=O)c1ccccc1. The number of hydrogen-bond donors (Lipinski definition) is 1. The van der Waals surface area contributed by atoms with Gasteiger partial charge in [-0.1, -0.05) is 24.8 Å².